The van der Waals surface area contributed by atoms with Crippen LogP contribution in [0, 0.1) is 0 Å². The maximum Gasteiger partial charge on any atom is 0.211 e. The number of para-hydroxylation sites is 1. The van der Waals surface area contributed by atoms with Crippen LogP contribution < -0.4 is 5.32 Å². The van der Waals surface area contributed by atoms with Gasteiger partial charge in [-0.25, -0.2) is 4.68 Å². The molecule has 0 unspecified atom stereocenters. The first kappa shape index (κ1) is 7.72. The van der Waals surface area contributed by atoms with Gasteiger partial charge < -0.3 is 5.32 Å². The fraction of sp³-hybridized carbons (Fsp3) is 0.125. The highest BCUT2D eigenvalue weighted by molar-refractivity contribution is 5.92. The zero-order chi connectivity index (χ0) is 9.26. The van der Waals surface area contributed by atoms with E-state index in [2.05, 4.69) is 15.6 Å². The molecule has 1 N–H and O–H groups in total. The Labute approximate surface area is 74.3 Å². The monoisotopic (exact) mass is 176 g/mol. The minimum absolute atomic E-state index is 0.641. The summed E-state index contributed by atoms with van der Waals surface area (Å²) in [5.74, 6) is 0. The number of carbonyl (C=O) groups excluding carboxylic acids is 1. The molecule has 0 saturated carbocycles. The third kappa shape index (κ3) is 1.14. The van der Waals surface area contributed by atoms with E-state index >= 15 is 0 Å². The van der Waals surface area contributed by atoms with Crippen molar-refractivity contribution in [3.8, 4) is 0 Å². The fourth-order valence-electron chi connectivity index (χ4n) is 1.29. The Bertz CT molecular complexity index is 448. The number of nitrogens with one attached hydrogen (secondary N) is 1. The van der Waals surface area contributed by atoms with Gasteiger partial charge in [0.15, 0.2) is 0 Å². The van der Waals surface area contributed by atoms with Crippen molar-refractivity contribution in [2.45, 2.75) is 0 Å². The van der Waals surface area contributed by atoms with E-state index in [4.69, 9.17) is 0 Å². The number of anilines is 1. The second-order valence-electron chi connectivity index (χ2n) is 2.65. The topological polar surface area (TPSA) is 59.8 Å². The van der Waals surface area contributed by atoms with Gasteiger partial charge in [-0.3, -0.25) is 4.79 Å². The van der Waals surface area contributed by atoms with Crippen molar-refractivity contribution in [1.82, 2.24) is 15.0 Å². The molecule has 0 aliphatic carbocycles. The number of amides is 1. The summed E-state index contributed by atoms with van der Waals surface area (Å²) in [5, 5.41) is 10.4. The third-order valence-corrected chi connectivity index (χ3v) is 1.84. The molecule has 0 radical (unpaired) electrons. The highest BCUT2D eigenvalue weighted by Crippen LogP contribution is 2.19. The number of fused-ring (bicyclic) bond motifs is 1. The molecular formula is C8H8N4O. The van der Waals surface area contributed by atoms with Crippen LogP contribution in [-0.2, 0) is 11.8 Å². The summed E-state index contributed by atoms with van der Waals surface area (Å²) in [6.07, 6.45) is 0.641. The molecule has 66 valence electrons. The van der Waals surface area contributed by atoms with E-state index in [0.717, 1.165) is 16.7 Å². The van der Waals surface area contributed by atoms with E-state index in [1.54, 1.807) is 17.8 Å². The molecule has 1 heterocycles. The van der Waals surface area contributed by atoms with Crippen LogP contribution in [0.2, 0.25) is 0 Å². The van der Waals surface area contributed by atoms with Gasteiger partial charge in [0.2, 0.25) is 6.41 Å². The summed E-state index contributed by atoms with van der Waals surface area (Å²) in [6.45, 7) is 0. The first-order valence-corrected chi connectivity index (χ1v) is 3.81. The van der Waals surface area contributed by atoms with E-state index in [1.807, 2.05) is 12.1 Å². The normalized spacial score (nSPS) is 10.2. The van der Waals surface area contributed by atoms with Gasteiger partial charge in [0.25, 0.3) is 0 Å². The first-order chi connectivity index (χ1) is 6.33. The molecule has 0 spiro atoms. The Morgan fingerprint density at radius 2 is 2.38 bits per heavy atom. The molecular weight excluding hydrogens is 168 g/mol. The van der Waals surface area contributed by atoms with E-state index in [1.165, 1.54) is 0 Å². The predicted molar refractivity (Wildman–Crippen MR) is 48.2 cm³/mol. The summed E-state index contributed by atoms with van der Waals surface area (Å²) < 4.78 is 1.63. The van der Waals surface area contributed by atoms with Crippen molar-refractivity contribution in [3.63, 3.8) is 0 Å². The summed E-state index contributed by atoms with van der Waals surface area (Å²) in [5.41, 5.74) is 2.32. The Hall–Kier alpha value is -1.91. The maximum absolute atomic E-state index is 10.3. The Morgan fingerprint density at radius 3 is 3.15 bits per heavy atom. The van der Waals surface area contributed by atoms with Gasteiger partial charge in [0.05, 0.1) is 5.69 Å². The first-order valence-electron chi connectivity index (χ1n) is 3.81. The molecule has 5 heteroatoms. The van der Waals surface area contributed by atoms with Crippen LogP contribution in [-0.4, -0.2) is 21.4 Å². The maximum atomic E-state index is 10.3. The Morgan fingerprint density at radius 1 is 1.54 bits per heavy atom. The molecule has 0 fully saturated rings. The van der Waals surface area contributed by atoms with E-state index < -0.39 is 0 Å². The average Bonchev–Trinajstić information content (AvgIpc) is 2.50. The number of aromatic nitrogens is 3. The molecule has 0 atom stereocenters. The molecule has 1 amide bonds. The number of benzene rings is 1. The lowest BCUT2D eigenvalue weighted by atomic mass is 10.2. The van der Waals surface area contributed by atoms with E-state index in [9.17, 15) is 4.79 Å². The lowest BCUT2D eigenvalue weighted by molar-refractivity contribution is -0.105. The van der Waals surface area contributed by atoms with Crippen LogP contribution in [0.15, 0.2) is 18.2 Å². The number of hydrogen-bond acceptors (Lipinski definition) is 3. The van der Waals surface area contributed by atoms with Crippen LogP contribution in [0.3, 0.4) is 0 Å². The SMILES string of the molecule is Cn1nnc2cccc(NC=O)c21. The molecule has 0 bridgehead atoms. The van der Waals surface area contributed by atoms with Gasteiger partial charge >= 0.3 is 0 Å². The highest BCUT2D eigenvalue weighted by Gasteiger charge is 2.05. The number of hydrogen-bond donors (Lipinski definition) is 1. The summed E-state index contributed by atoms with van der Waals surface area (Å²) in [4.78, 5) is 10.3. The van der Waals surface area contributed by atoms with Crippen LogP contribution in [0.25, 0.3) is 11.0 Å². The van der Waals surface area contributed by atoms with Crippen LogP contribution in [0.1, 0.15) is 0 Å². The smallest absolute Gasteiger partial charge is 0.211 e. The number of carbonyl (C=O) groups is 1. The van der Waals surface area contributed by atoms with E-state index in [0.29, 0.717) is 6.41 Å². The second-order valence-corrected chi connectivity index (χ2v) is 2.65. The Kier molecular flexibility index (Phi) is 1.70. The largest absolute Gasteiger partial charge is 0.327 e. The van der Waals surface area contributed by atoms with Crippen LogP contribution in [0.5, 0.6) is 0 Å². The molecule has 0 aliphatic heterocycles. The molecule has 1 aromatic carbocycles. The van der Waals surface area contributed by atoms with Crippen molar-refractivity contribution in [2.24, 2.45) is 7.05 Å². The quantitative estimate of drug-likeness (QED) is 0.679. The molecule has 5 nitrogen and oxygen atoms in total. The summed E-state index contributed by atoms with van der Waals surface area (Å²) in [6, 6.07) is 5.47. The highest BCUT2D eigenvalue weighted by atomic mass is 16.1. The zero-order valence-corrected chi connectivity index (χ0v) is 7.06. The lowest BCUT2D eigenvalue weighted by Gasteiger charge is -2.00. The van der Waals surface area contributed by atoms with Gasteiger partial charge in [-0.05, 0) is 12.1 Å². The molecule has 13 heavy (non-hydrogen) atoms. The van der Waals surface area contributed by atoms with Crippen molar-refractivity contribution < 1.29 is 4.79 Å². The lowest BCUT2D eigenvalue weighted by Crippen LogP contribution is -1.98. The Balaban J connectivity index is 2.72. The summed E-state index contributed by atoms with van der Waals surface area (Å²) >= 11 is 0. The van der Waals surface area contributed by atoms with Gasteiger partial charge in [0, 0.05) is 7.05 Å². The summed E-state index contributed by atoms with van der Waals surface area (Å²) in [7, 11) is 1.78. The second kappa shape index (κ2) is 2.85. The molecule has 1 aromatic heterocycles. The van der Waals surface area contributed by atoms with Gasteiger partial charge in [0.1, 0.15) is 11.0 Å². The van der Waals surface area contributed by atoms with Crippen molar-refractivity contribution in [1.29, 1.82) is 0 Å². The van der Waals surface area contributed by atoms with E-state index in [-0.39, 0.29) is 0 Å². The van der Waals surface area contributed by atoms with Crippen molar-refractivity contribution >= 4 is 23.1 Å². The standard InChI is InChI=1S/C8H8N4O/c1-12-8-6(9-5-13)3-2-4-7(8)10-11-12/h2-5H,1H3,(H,9,13). The molecule has 2 aromatic rings. The fourth-order valence-corrected chi connectivity index (χ4v) is 1.29. The third-order valence-electron chi connectivity index (χ3n) is 1.84. The predicted octanol–water partition coefficient (Wildman–Crippen LogP) is 0.537. The van der Waals surface area contributed by atoms with Crippen LogP contribution in [0.4, 0.5) is 5.69 Å². The number of rotatable bonds is 2. The zero-order valence-electron chi connectivity index (χ0n) is 7.06. The molecule has 0 aliphatic rings. The molecule has 0 saturated heterocycles. The van der Waals surface area contributed by atoms with Crippen LogP contribution >= 0.6 is 0 Å². The van der Waals surface area contributed by atoms with Crippen molar-refractivity contribution in [3.05, 3.63) is 18.2 Å². The number of aryl methyl sites for hydroxylation is 1. The molecule has 2 rings (SSSR count). The number of nitrogens with zero attached hydrogens (tertiary/aromatic N) is 3. The average molecular weight is 176 g/mol. The van der Waals surface area contributed by atoms with Gasteiger partial charge in [-0.2, -0.15) is 0 Å². The van der Waals surface area contributed by atoms with Gasteiger partial charge in [-0.1, -0.05) is 11.3 Å². The minimum atomic E-state index is 0.641. The van der Waals surface area contributed by atoms with Gasteiger partial charge in [-0.15, -0.1) is 5.10 Å². The minimum Gasteiger partial charge on any atom is -0.327 e. The van der Waals surface area contributed by atoms with Crippen molar-refractivity contribution in [2.75, 3.05) is 5.32 Å².